The zero-order chi connectivity index (χ0) is 14.6. The standard InChI is InChI=1S/C12H11ClN4O2S/c13-11-4-3-10(8-9(11)2-1-6-14)17-20(18,19)12-5-7-15-16-12/h3-5,7-8,17H,6,14H2,(H,15,16). The van der Waals surface area contributed by atoms with Gasteiger partial charge >= 0.3 is 0 Å². The number of anilines is 1. The molecule has 0 bridgehead atoms. The van der Waals surface area contributed by atoms with Crippen LogP contribution in [0.1, 0.15) is 5.56 Å². The van der Waals surface area contributed by atoms with Gasteiger partial charge < -0.3 is 5.73 Å². The summed E-state index contributed by atoms with van der Waals surface area (Å²) >= 11 is 5.97. The van der Waals surface area contributed by atoms with Crippen LogP contribution < -0.4 is 10.5 Å². The van der Waals surface area contributed by atoms with Gasteiger partial charge in [0.1, 0.15) is 0 Å². The van der Waals surface area contributed by atoms with E-state index in [1.165, 1.54) is 12.3 Å². The Morgan fingerprint density at radius 3 is 2.85 bits per heavy atom. The molecule has 0 saturated heterocycles. The summed E-state index contributed by atoms with van der Waals surface area (Å²) in [4.78, 5) is 0. The van der Waals surface area contributed by atoms with Gasteiger partial charge in [0.15, 0.2) is 5.03 Å². The Bertz CT molecular complexity index is 760. The van der Waals surface area contributed by atoms with Crippen LogP contribution in [0.5, 0.6) is 0 Å². The zero-order valence-electron chi connectivity index (χ0n) is 10.2. The molecule has 0 aliphatic heterocycles. The largest absolute Gasteiger partial charge is 0.320 e. The summed E-state index contributed by atoms with van der Waals surface area (Å²) in [6.45, 7) is 0.195. The van der Waals surface area contributed by atoms with E-state index in [2.05, 4.69) is 26.8 Å². The Hall–Kier alpha value is -2.01. The monoisotopic (exact) mass is 310 g/mol. The van der Waals surface area contributed by atoms with Gasteiger partial charge in [0, 0.05) is 5.56 Å². The van der Waals surface area contributed by atoms with E-state index >= 15 is 0 Å². The molecule has 6 nitrogen and oxygen atoms in total. The Morgan fingerprint density at radius 2 is 2.20 bits per heavy atom. The lowest BCUT2D eigenvalue weighted by Crippen LogP contribution is -2.13. The van der Waals surface area contributed by atoms with Crippen LogP contribution in [0, 0.1) is 11.8 Å². The van der Waals surface area contributed by atoms with E-state index in [4.69, 9.17) is 17.3 Å². The number of benzene rings is 1. The molecule has 1 heterocycles. The highest BCUT2D eigenvalue weighted by molar-refractivity contribution is 7.92. The minimum atomic E-state index is -3.70. The molecule has 104 valence electrons. The van der Waals surface area contributed by atoms with Crippen molar-refractivity contribution in [1.29, 1.82) is 0 Å². The number of hydrogen-bond donors (Lipinski definition) is 3. The summed E-state index contributed by atoms with van der Waals surface area (Å²) in [6.07, 6.45) is 1.36. The molecule has 2 rings (SSSR count). The highest BCUT2D eigenvalue weighted by Crippen LogP contribution is 2.21. The van der Waals surface area contributed by atoms with E-state index in [0.717, 1.165) is 0 Å². The molecule has 0 atom stereocenters. The summed E-state index contributed by atoms with van der Waals surface area (Å²) in [6, 6.07) is 6.00. The lowest BCUT2D eigenvalue weighted by Gasteiger charge is -2.07. The van der Waals surface area contributed by atoms with Crippen LogP contribution in [-0.4, -0.2) is 25.2 Å². The van der Waals surface area contributed by atoms with E-state index in [9.17, 15) is 8.42 Å². The van der Waals surface area contributed by atoms with Crippen molar-refractivity contribution in [3.8, 4) is 11.8 Å². The lowest BCUT2D eigenvalue weighted by atomic mass is 10.2. The molecule has 1 aromatic heterocycles. The van der Waals surface area contributed by atoms with Crippen molar-refractivity contribution >= 4 is 27.3 Å². The van der Waals surface area contributed by atoms with Gasteiger partial charge in [-0.05, 0) is 24.3 Å². The molecule has 0 radical (unpaired) electrons. The van der Waals surface area contributed by atoms with Crippen molar-refractivity contribution in [2.45, 2.75) is 5.03 Å². The molecule has 0 spiro atoms. The van der Waals surface area contributed by atoms with Gasteiger partial charge in [-0.3, -0.25) is 9.82 Å². The first kappa shape index (κ1) is 14.4. The van der Waals surface area contributed by atoms with Gasteiger partial charge in [0.25, 0.3) is 10.0 Å². The molecule has 0 saturated carbocycles. The van der Waals surface area contributed by atoms with Crippen molar-refractivity contribution in [2.24, 2.45) is 5.73 Å². The molecule has 20 heavy (non-hydrogen) atoms. The van der Waals surface area contributed by atoms with Crippen LogP contribution in [0.2, 0.25) is 5.02 Å². The quantitative estimate of drug-likeness (QED) is 0.741. The number of nitrogens with two attached hydrogens (primary N) is 1. The fourth-order valence-electron chi connectivity index (χ4n) is 1.43. The molecular weight excluding hydrogens is 300 g/mol. The molecule has 8 heteroatoms. The van der Waals surface area contributed by atoms with Crippen LogP contribution >= 0.6 is 11.6 Å². The van der Waals surface area contributed by atoms with E-state index in [1.807, 2.05) is 0 Å². The topological polar surface area (TPSA) is 101 Å². The molecule has 0 unspecified atom stereocenters. The molecule has 0 fully saturated rings. The second-order valence-corrected chi connectivity index (χ2v) is 5.78. The number of nitrogens with one attached hydrogen (secondary N) is 2. The van der Waals surface area contributed by atoms with Crippen molar-refractivity contribution in [3.63, 3.8) is 0 Å². The number of nitrogens with zero attached hydrogens (tertiary/aromatic N) is 1. The fraction of sp³-hybridized carbons (Fsp3) is 0.0833. The van der Waals surface area contributed by atoms with Gasteiger partial charge in [-0.15, -0.1) is 0 Å². The zero-order valence-corrected chi connectivity index (χ0v) is 11.8. The molecule has 0 aliphatic carbocycles. The summed E-state index contributed by atoms with van der Waals surface area (Å²) in [5.74, 6) is 5.43. The highest BCUT2D eigenvalue weighted by Gasteiger charge is 2.15. The first-order chi connectivity index (χ1) is 9.53. The SMILES string of the molecule is NCC#Cc1cc(NS(=O)(=O)c2ccn[nH]2)ccc1Cl. The summed E-state index contributed by atoms with van der Waals surface area (Å²) in [5, 5.41) is 6.39. The Kier molecular flexibility index (Phi) is 4.29. The smallest absolute Gasteiger partial charge is 0.278 e. The van der Waals surface area contributed by atoms with Crippen LogP contribution in [-0.2, 0) is 10.0 Å². The summed E-state index contributed by atoms with van der Waals surface area (Å²) in [5.41, 5.74) is 6.15. The number of rotatable bonds is 3. The van der Waals surface area contributed by atoms with Crippen molar-refractivity contribution in [2.75, 3.05) is 11.3 Å². The maximum Gasteiger partial charge on any atom is 0.278 e. The van der Waals surface area contributed by atoms with E-state index in [0.29, 0.717) is 16.3 Å². The predicted molar refractivity (Wildman–Crippen MR) is 76.8 cm³/mol. The average molecular weight is 311 g/mol. The third kappa shape index (κ3) is 3.30. The third-order valence-corrected chi connectivity index (χ3v) is 3.95. The minimum absolute atomic E-state index is 0.0259. The van der Waals surface area contributed by atoms with Gasteiger partial charge in [0.2, 0.25) is 0 Å². The number of aromatic nitrogens is 2. The van der Waals surface area contributed by atoms with E-state index < -0.39 is 10.0 Å². The van der Waals surface area contributed by atoms with E-state index in [-0.39, 0.29) is 11.6 Å². The molecule has 1 aromatic carbocycles. The summed E-state index contributed by atoms with van der Waals surface area (Å²) in [7, 11) is -3.70. The Balaban J connectivity index is 2.31. The Labute approximate surface area is 121 Å². The number of sulfonamides is 1. The maximum absolute atomic E-state index is 12.0. The van der Waals surface area contributed by atoms with Gasteiger partial charge in [-0.1, -0.05) is 23.4 Å². The average Bonchev–Trinajstić information content (AvgIpc) is 2.94. The summed E-state index contributed by atoms with van der Waals surface area (Å²) < 4.78 is 26.4. The van der Waals surface area contributed by atoms with Gasteiger partial charge in [-0.2, -0.15) is 13.5 Å². The highest BCUT2D eigenvalue weighted by atomic mass is 35.5. The molecule has 2 aromatic rings. The van der Waals surface area contributed by atoms with Crippen LogP contribution in [0.4, 0.5) is 5.69 Å². The second-order valence-electron chi connectivity index (χ2n) is 3.73. The molecular formula is C12H11ClN4O2S. The van der Waals surface area contributed by atoms with Crippen LogP contribution in [0.15, 0.2) is 35.5 Å². The predicted octanol–water partition coefficient (Wildman–Crippen LogP) is 1.17. The van der Waals surface area contributed by atoms with Crippen LogP contribution in [0.3, 0.4) is 0 Å². The number of halogens is 1. The number of hydrogen-bond acceptors (Lipinski definition) is 4. The Morgan fingerprint density at radius 1 is 1.40 bits per heavy atom. The minimum Gasteiger partial charge on any atom is -0.320 e. The number of H-pyrrole nitrogens is 1. The van der Waals surface area contributed by atoms with Crippen molar-refractivity contribution in [3.05, 3.63) is 41.0 Å². The maximum atomic E-state index is 12.0. The molecule has 4 N–H and O–H groups in total. The first-order valence-corrected chi connectivity index (χ1v) is 7.40. The first-order valence-electron chi connectivity index (χ1n) is 5.53. The van der Waals surface area contributed by atoms with Crippen molar-refractivity contribution < 1.29 is 8.42 Å². The molecule has 0 aliphatic rings. The molecule has 0 amide bonds. The van der Waals surface area contributed by atoms with Crippen LogP contribution in [0.25, 0.3) is 0 Å². The van der Waals surface area contributed by atoms with E-state index in [1.54, 1.807) is 18.2 Å². The lowest BCUT2D eigenvalue weighted by molar-refractivity contribution is 0.597. The fourth-order valence-corrected chi connectivity index (χ4v) is 2.56. The van der Waals surface area contributed by atoms with Gasteiger partial charge in [-0.25, -0.2) is 0 Å². The number of aromatic amines is 1. The normalized spacial score (nSPS) is 10.7. The second kappa shape index (κ2) is 5.96. The van der Waals surface area contributed by atoms with Gasteiger partial charge in [0.05, 0.1) is 23.5 Å². The van der Waals surface area contributed by atoms with Crippen molar-refractivity contribution in [1.82, 2.24) is 10.2 Å². The third-order valence-electron chi connectivity index (χ3n) is 2.31.